The lowest BCUT2D eigenvalue weighted by Crippen LogP contribution is -2.27. The maximum Gasteiger partial charge on any atom is 0.435 e. The molecule has 1 aromatic heterocycles. The zero-order chi connectivity index (χ0) is 26.9. The second-order valence-electron chi connectivity index (χ2n) is 9.23. The average Bonchev–Trinajstić information content (AvgIpc) is 3.22. The van der Waals surface area contributed by atoms with E-state index in [-0.39, 0.29) is 51.9 Å². The van der Waals surface area contributed by atoms with Crippen LogP contribution in [0.3, 0.4) is 0 Å². The number of phenolic OH excluding ortho intramolecular Hbond substituents is 1. The van der Waals surface area contributed by atoms with Crippen LogP contribution in [0.15, 0.2) is 42.6 Å². The molecule has 1 aliphatic heterocycles. The van der Waals surface area contributed by atoms with Crippen molar-refractivity contribution >= 4 is 35.3 Å². The normalized spacial score (nSPS) is 13.3. The third-order valence-corrected chi connectivity index (χ3v) is 5.46. The summed E-state index contributed by atoms with van der Waals surface area (Å²) in [5.41, 5.74) is -0.345. The molecule has 12 heteroatoms. The number of rotatable bonds is 4. The first-order chi connectivity index (χ1) is 17.4. The Morgan fingerprint density at radius 2 is 1.95 bits per heavy atom. The van der Waals surface area contributed by atoms with Gasteiger partial charge in [0, 0.05) is 30.9 Å². The summed E-state index contributed by atoms with van der Waals surface area (Å²) in [4.78, 5) is 39.0. The van der Waals surface area contributed by atoms with E-state index in [1.807, 2.05) is 0 Å². The van der Waals surface area contributed by atoms with Gasteiger partial charge in [0.2, 0.25) is 0 Å². The fraction of sp³-hybridized carbons (Fsp3) is 0.280. The number of fused-ring (bicyclic) bond motifs is 1. The maximum absolute atomic E-state index is 12.8. The summed E-state index contributed by atoms with van der Waals surface area (Å²) in [6, 6.07) is 8.41. The lowest BCUT2D eigenvalue weighted by atomic mass is 10.1. The smallest absolute Gasteiger partial charge is 0.435 e. The van der Waals surface area contributed by atoms with E-state index < -0.39 is 17.6 Å². The third-order valence-electron chi connectivity index (χ3n) is 5.10. The fourth-order valence-electron chi connectivity index (χ4n) is 3.41. The molecule has 0 spiro atoms. The molecule has 1 aliphatic rings. The minimum absolute atomic E-state index is 0.0563. The van der Waals surface area contributed by atoms with Crippen LogP contribution in [0.4, 0.5) is 10.6 Å². The lowest BCUT2D eigenvalue weighted by Gasteiger charge is -2.18. The third kappa shape index (κ3) is 5.95. The number of carbonyl (C=O) groups is 3. The Morgan fingerprint density at radius 3 is 2.68 bits per heavy atom. The molecule has 0 fully saturated rings. The van der Waals surface area contributed by atoms with Crippen LogP contribution in [0.25, 0.3) is 0 Å². The second kappa shape index (κ2) is 10.0. The molecule has 37 heavy (non-hydrogen) atoms. The van der Waals surface area contributed by atoms with E-state index in [1.54, 1.807) is 27.8 Å². The number of halogens is 1. The van der Waals surface area contributed by atoms with Crippen molar-refractivity contribution in [2.24, 2.45) is 0 Å². The van der Waals surface area contributed by atoms with Crippen molar-refractivity contribution in [2.45, 2.75) is 26.4 Å². The summed E-state index contributed by atoms with van der Waals surface area (Å²) in [6.07, 6.45) is 0.655. The number of likely N-dealkylation sites (N-methyl/N-ethyl adjacent to an activating group) is 1. The van der Waals surface area contributed by atoms with Gasteiger partial charge in [0.05, 0.1) is 12.1 Å². The SMILES string of the molecule is CN1CCOc2c(ccc(Oc3cc(O)cc(C(=O)Nc4ccn(C(=O)OC(C)(C)C)n4)c3)c2Cl)C1=O. The van der Waals surface area contributed by atoms with Gasteiger partial charge in [-0.1, -0.05) is 11.6 Å². The van der Waals surface area contributed by atoms with Crippen LogP contribution in [0.2, 0.25) is 5.02 Å². The summed E-state index contributed by atoms with van der Waals surface area (Å²) < 4.78 is 17.7. The van der Waals surface area contributed by atoms with E-state index >= 15 is 0 Å². The highest BCUT2D eigenvalue weighted by atomic mass is 35.5. The number of nitrogens with zero attached hydrogens (tertiary/aromatic N) is 3. The van der Waals surface area contributed by atoms with E-state index in [1.165, 1.54) is 47.5 Å². The predicted octanol–water partition coefficient (Wildman–Crippen LogP) is 4.53. The molecule has 0 radical (unpaired) electrons. The molecule has 0 saturated heterocycles. The van der Waals surface area contributed by atoms with Crippen LogP contribution < -0.4 is 14.8 Å². The zero-order valence-electron chi connectivity index (χ0n) is 20.6. The largest absolute Gasteiger partial charge is 0.508 e. The number of hydrogen-bond donors (Lipinski definition) is 2. The van der Waals surface area contributed by atoms with Gasteiger partial charge in [-0.2, -0.15) is 4.68 Å². The number of aromatic hydroxyl groups is 1. The van der Waals surface area contributed by atoms with Gasteiger partial charge in [0.1, 0.15) is 34.5 Å². The lowest BCUT2D eigenvalue weighted by molar-refractivity contribution is 0.0514. The van der Waals surface area contributed by atoms with Crippen molar-refractivity contribution in [3.63, 3.8) is 0 Å². The van der Waals surface area contributed by atoms with Crippen LogP contribution in [-0.2, 0) is 4.74 Å². The van der Waals surface area contributed by atoms with Crippen molar-refractivity contribution in [1.82, 2.24) is 14.7 Å². The first-order valence-electron chi connectivity index (χ1n) is 11.2. The van der Waals surface area contributed by atoms with Gasteiger partial charge in [0.25, 0.3) is 11.8 Å². The van der Waals surface area contributed by atoms with Gasteiger partial charge in [-0.15, -0.1) is 5.10 Å². The molecular formula is C25H25ClN4O7. The second-order valence-corrected chi connectivity index (χ2v) is 9.61. The van der Waals surface area contributed by atoms with E-state index in [4.69, 9.17) is 25.8 Å². The maximum atomic E-state index is 12.8. The Hall–Kier alpha value is -4.25. The number of ether oxygens (including phenoxy) is 3. The summed E-state index contributed by atoms with van der Waals surface area (Å²) >= 11 is 6.47. The van der Waals surface area contributed by atoms with Gasteiger partial charge in [-0.25, -0.2) is 4.79 Å². The predicted molar refractivity (Wildman–Crippen MR) is 134 cm³/mol. The van der Waals surface area contributed by atoms with Gasteiger partial charge in [-0.05, 0) is 45.0 Å². The Morgan fingerprint density at radius 1 is 1.19 bits per heavy atom. The summed E-state index contributed by atoms with van der Waals surface area (Å²) in [5.74, 6) is -0.490. The number of amides is 2. The molecule has 194 valence electrons. The monoisotopic (exact) mass is 528 g/mol. The zero-order valence-corrected chi connectivity index (χ0v) is 21.3. The van der Waals surface area contributed by atoms with Crippen molar-refractivity contribution in [3.8, 4) is 23.0 Å². The Bertz CT molecular complexity index is 1380. The number of anilines is 1. The van der Waals surface area contributed by atoms with E-state index in [2.05, 4.69) is 10.4 Å². The van der Waals surface area contributed by atoms with Gasteiger partial charge < -0.3 is 29.5 Å². The standard InChI is InChI=1S/C25H25ClN4O7/c1-25(2,3)37-24(34)30-8-7-19(28-30)27-22(32)14-11-15(31)13-16(12-14)36-18-6-5-17-21(20(18)26)35-10-9-29(4)23(17)33/h5-8,11-13,31H,9-10H2,1-4H3,(H,27,28,32). The highest BCUT2D eigenvalue weighted by Crippen LogP contribution is 2.41. The summed E-state index contributed by atoms with van der Waals surface area (Å²) in [6.45, 7) is 5.84. The molecule has 4 rings (SSSR count). The Labute approximate surface area is 217 Å². The Balaban J connectivity index is 1.52. The minimum atomic E-state index is -0.706. The number of nitrogens with one attached hydrogen (secondary N) is 1. The first kappa shape index (κ1) is 25.8. The number of carbonyl (C=O) groups excluding carboxylic acids is 3. The molecule has 0 saturated carbocycles. The molecule has 2 aromatic carbocycles. The van der Waals surface area contributed by atoms with Crippen molar-refractivity contribution in [2.75, 3.05) is 25.5 Å². The number of phenols is 1. The molecule has 2 N–H and O–H groups in total. The molecule has 2 heterocycles. The summed E-state index contributed by atoms with van der Waals surface area (Å²) in [7, 11) is 1.67. The summed E-state index contributed by atoms with van der Waals surface area (Å²) in [5, 5.41) is 16.8. The van der Waals surface area contributed by atoms with Crippen LogP contribution >= 0.6 is 11.6 Å². The van der Waals surface area contributed by atoms with E-state index in [9.17, 15) is 19.5 Å². The number of hydrogen-bond acceptors (Lipinski definition) is 8. The highest BCUT2D eigenvalue weighted by Gasteiger charge is 2.25. The molecular weight excluding hydrogens is 504 g/mol. The number of benzene rings is 2. The molecule has 0 bridgehead atoms. The molecule has 3 aromatic rings. The molecule has 0 unspecified atom stereocenters. The topological polar surface area (TPSA) is 132 Å². The fourth-order valence-corrected chi connectivity index (χ4v) is 3.67. The van der Waals surface area contributed by atoms with Crippen LogP contribution in [0, 0.1) is 0 Å². The number of aromatic nitrogens is 2. The van der Waals surface area contributed by atoms with Crippen molar-refractivity contribution in [3.05, 3.63) is 58.7 Å². The van der Waals surface area contributed by atoms with Gasteiger partial charge in [-0.3, -0.25) is 9.59 Å². The quantitative estimate of drug-likeness (QED) is 0.504. The Kier molecular flexibility index (Phi) is 6.99. The van der Waals surface area contributed by atoms with Gasteiger partial charge >= 0.3 is 6.09 Å². The molecule has 0 aliphatic carbocycles. The van der Waals surface area contributed by atoms with Crippen LogP contribution in [0.5, 0.6) is 23.0 Å². The van der Waals surface area contributed by atoms with E-state index in [0.717, 1.165) is 4.68 Å². The first-order valence-corrected chi connectivity index (χ1v) is 11.6. The van der Waals surface area contributed by atoms with Crippen molar-refractivity contribution in [1.29, 1.82) is 0 Å². The van der Waals surface area contributed by atoms with Crippen LogP contribution in [-0.4, -0.2) is 63.5 Å². The van der Waals surface area contributed by atoms with Gasteiger partial charge in [0.15, 0.2) is 11.6 Å². The molecule has 11 nitrogen and oxygen atoms in total. The van der Waals surface area contributed by atoms with E-state index in [0.29, 0.717) is 12.1 Å². The molecule has 0 atom stereocenters. The molecule has 2 amide bonds. The van der Waals surface area contributed by atoms with Crippen molar-refractivity contribution < 1.29 is 33.7 Å². The highest BCUT2D eigenvalue weighted by molar-refractivity contribution is 6.34. The minimum Gasteiger partial charge on any atom is -0.508 e. The van der Waals surface area contributed by atoms with Crippen LogP contribution in [0.1, 0.15) is 41.5 Å². The average molecular weight is 529 g/mol.